The standard InChI is InChI=1S/C13H15N5O2/c1-16(2)12-11(18(19)20)13(15-9-14-12)17(3)10-7-5-4-6-8-10/h4-9H,1-3H3. The second kappa shape index (κ2) is 5.52. The summed E-state index contributed by atoms with van der Waals surface area (Å²) in [5.41, 5.74) is 0.711. The molecule has 7 nitrogen and oxygen atoms in total. The molecule has 0 aliphatic carbocycles. The summed E-state index contributed by atoms with van der Waals surface area (Å²) in [6, 6.07) is 9.34. The smallest absolute Gasteiger partial charge is 0.353 e. The zero-order valence-corrected chi connectivity index (χ0v) is 11.5. The number of anilines is 3. The van der Waals surface area contributed by atoms with Crippen LogP contribution in [0.1, 0.15) is 0 Å². The average Bonchev–Trinajstić information content (AvgIpc) is 2.46. The van der Waals surface area contributed by atoms with Gasteiger partial charge in [-0.05, 0) is 12.1 Å². The van der Waals surface area contributed by atoms with E-state index in [1.165, 1.54) is 6.33 Å². The molecule has 0 fully saturated rings. The van der Waals surface area contributed by atoms with Crippen LogP contribution in [0.4, 0.5) is 23.0 Å². The third-order valence-electron chi connectivity index (χ3n) is 2.85. The van der Waals surface area contributed by atoms with Crippen molar-refractivity contribution in [2.75, 3.05) is 30.9 Å². The number of hydrogen-bond acceptors (Lipinski definition) is 6. The third kappa shape index (κ3) is 2.51. The van der Waals surface area contributed by atoms with E-state index in [9.17, 15) is 10.1 Å². The quantitative estimate of drug-likeness (QED) is 0.628. The van der Waals surface area contributed by atoms with Crippen LogP contribution in [0.2, 0.25) is 0 Å². The van der Waals surface area contributed by atoms with Gasteiger partial charge in [0.25, 0.3) is 0 Å². The highest BCUT2D eigenvalue weighted by Crippen LogP contribution is 2.35. The van der Waals surface area contributed by atoms with E-state index < -0.39 is 4.92 Å². The summed E-state index contributed by atoms with van der Waals surface area (Å²) in [4.78, 5) is 22.2. The maximum atomic E-state index is 11.4. The van der Waals surface area contributed by atoms with Crippen molar-refractivity contribution in [3.63, 3.8) is 0 Å². The first-order valence-corrected chi connectivity index (χ1v) is 5.98. The molecule has 0 aliphatic rings. The lowest BCUT2D eigenvalue weighted by molar-refractivity contribution is -0.383. The number of nitro groups is 1. The highest BCUT2D eigenvalue weighted by atomic mass is 16.6. The summed E-state index contributed by atoms with van der Waals surface area (Å²) in [6.07, 6.45) is 1.33. The van der Waals surface area contributed by atoms with E-state index in [2.05, 4.69) is 9.97 Å². The van der Waals surface area contributed by atoms with Gasteiger partial charge in [0.1, 0.15) is 6.33 Å². The Bertz CT molecular complexity index is 615. The zero-order valence-electron chi connectivity index (χ0n) is 11.5. The topological polar surface area (TPSA) is 75.4 Å². The molecule has 0 aliphatic heterocycles. The lowest BCUT2D eigenvalue weighted by Gasteiger charge is -2.20. The fraction of sp³-hybridized carbons (Fsp3) is 0.231. The molecule has 20 heavy (non-hydrogen) atoms. The molecule has 2 aromatic rings. The number of aromatic nitrogens is 2. The zero-order chi connectivity index (χ0) is 14.7. The maximum Gasteiger partial charge on any atom is 0.353 e. The normalized spacial score (nSPS) is 10.2. The van der Waals surface area contributed by atoms with Crippen molar-refractivity contribution >= 4 is 23.0 Å². The molecular weight excluding hydrogens is 258 g/mol. The van der Waals surface area contributed by atoms with Crippen molar-refractivity contribution in [2.24, 2.45) is 0 Å². The Morgan fingerprint density at radius 2 is 1.65 bits per heavy atom. The predicted octanol–water partition coefficient (Wildman–Crippen LogP) is 2.22. The highest BCUT2D eigenvalue weighted by molar-refractivity contribution is 5.75. The van der Waals surface area contributed by atoms with E-state index in [4.69, 9.17) is 0 Å². The SMILES string of the molecule is CN(C)c1ncnc(N(C)c2ccccc2)c1[N+](=O)[O-]. The van der Waals surface area contributed by atoms with Gasteiger partial charge in [-0.15, -0.1) is 0 Å². The Kier molecular flexibility index (Phi) is 3.79. The Morgan fingerprint density at radius 1 is 1.05 bits per heavy atom. The molecule has 1 aromatic heterocycles. The van der Waals surface area contributed by atoms with Crippen LogP contribution < -0.4 is 9.80 Å². The Hall–Kier alpha value is -2.70. The monoisotopic (exact) mass is 273 g/mol. The van der Waals surface area contributed by atoms with E-state index >= 15 is 0 Å². The molecule has 0 radical (unpaired) electrons. The lowest BCUT2D eigenvalue weighted by Crippen LogP contribution is -2.18. The molecular formula is C13H15N5O2. The van der Waals surface area contributed by atoms with Gasteiger partial charge in [0, 0.05) is 26.8 Å². The lowest BCUT2D eigenvalue weighted by atomic mass is 10.3. The van der Waals surface area contributed by atoms with Crippen LogP contribution in [-0.2, 0) is 0 Å². The van der Waals surface area contributed by atoms with Crippen molar-refractivity contribution in [2.45, 2.75) is 0 Å². The van der Waals surface area contributed by atoms with Gasteiger partial charge in [-0.2, -0.15) is 0 Å². The molecule has 0 amide bonds. The minimum Gasteiger partial charge on any atom is -0.357 e. The van der Waals surface area contributed by atoms with Crippen LogP contribution in [0.15, 0.2) is 36.7 Å². The third-order valence-corrected chi connectivity index (χ3v) is 2.85. The Labute approximate surface area is 116 Å². The molecule has 1 heterocycles. The van der Waals surface area contributed by atoms with Crippen LogP contribution in [0.5, 0.6) is 0 Å². The van der Waals surface area contributed by atoms with Crippen molar-refractivity contribution < 1.29 is 4.92 Å². The minimum absolute atomic E-state index is 0.108. The van der Waals surface area contributed by atoms with Crippen LogP contribution in [0, 0.1) is 10.1 Å². The minimum atomic E-state index is -0.454. The first kappa shape index (κ1) is 13.7. The fourth-order valence-corrected chi connectivity index (χ4v) is 1.87. The first-order valence-electron chi connectivity index (χ1n) is 5.98. The molecule has 0 bridgehead atoms. The molecule has 0 spiro atoms. The van der Waals surface area contributed by atoms with E-state index in [0.717, 1.165) is 5.69 Å². The van der Waals surface area contributed by atoms with E-state index in [1.807, 2.05) is 30.3 Å². The number of para-hydroxylation sites is 1. The largest absolute Gasteiger partial charge is 0.357 e. The molecule has 1 aromatic carbocycles. The second-order valence-corrected chi connectivity index (χ2v) is 4.42. The van der Waals surface area contributed by atoms with Gasteiger partial charge in [-0.25, -0.2) is 9.97 Å². The summed E-state index contributed by atoms with van der Waals surface area (Å²) >= 11 is 0. The Balaban J connectivity index is 2.57. The Morgan fingerprint density at radius 3 is 2.20 bits per heavy atom. The maximum absolute atomic E-state index is 11.4. The summed E-state index contributed by atoms with van der Waals surface area (Å²) < 4.78 is 0. The van der Waals surface area contributed by atoms with Gasteiger partial charge in [-0.1, -0.05) is 18.2 Å². The molecule has 0 unspecified atom stereocenters. The second-order valence-electron chi connectivity index (χ2n) is 4.42. The molecule has 0 saturated heterocycles. The van der Waals surface area contributed by atoms with Gasteiger partial charge in [0.05, 0.1) is 4.92 Å². The fourth-order valence-electron chi connectivity index (χ4n) is 1.87. The van der Waals surface area contributed by atoms with Gasteiger partial charge in [-0.3, -0.25) is 10.1 Å². The number of hydrogen-bond donors (Lipinski definition) is 0. The number of rotatable bonds is 4. The van der Waals surface area contributed by atoms with Gasteiger partial charge < -0.3 is 9.80 Å². The van der Waals surface area contributed by atoms with Gasteiger partial charge in [0.2, 0.25) is 11.6 Å². The summed E-state index contributed by atoms with van der Waals surface area (Å²) in [5.74, 6) is 0.544. The molecule has 2 rings (SSSR count). The summed E-state index contributed by atoms with van der Waals surface area (Å²) in [7, 11) is 5.16. The van der Waals surface area contributed by atoms with Gasteiger partial charge in [0.15, 0.2) is 0 Å². The van der Waals surface area contributed by atoms with E-state index in [0.29, 0.717) is 0 Å². The molecule has 0 N–H and O–H groups in total. The van der Waals surface area contributed by atoms with Gasteiger partial charge >= 0.3 is 5.69 Å². The van der Waals surface area contributed by atoms with Crippen LogP contribution >= 0.6 is 0 Å². The number of nitrogens with zero attached hydrogens (tertiary/aromatic N) is 5. The summed E-state index contributed by atoms with van der Waals surface area (Å²) in [6.45, 7) is 0. The molecule has 104 valence electrons. The van der Waals surface area contributed by atoms with Crippen molar-refractivity contribution in [3.8, 4) is 0 Å². The van der Waals surface area contributed by atoms with Crippen molar-refractivity contribution in [1.29, 1.82) is 0 Å². The molecule has 0 saturated carbocycles. The van der Waals surface area contributed by atoms with Crippen molar-refractivity contribution in [1.82, 2.24) is 9.97 Å². The summed E-state index contributed by atoms with van der Waals surface area (Å²) in [5, 5.41) is 11.4. The van der Waals surface area contributed by atoms with E-state index in [1.54, 1.807) is 30.9 Å². The number of benzene rings is 1. The van der Waals surface area contributed by atoms with Crippen LogP contribution in [0.3, 0.4) is 0 Å². The van der Waals surface area contributed by atoms with E-state index in [-0.39, 0.29) is 17.3 Å². The highest BCUT2D eigenvalue weighted by Gasteiger charge is 2.27. The molecule has 7 heteroatoms. The average molecular weight is 273 g/mol. The van der Waals surface area contributed by atoms with Crippen molar-refractivity contribution in [3.05, 3.63) is 46.8 Å². The van der Waals surface area contributed by atoms with Crippen LogP contribution in [-0.4, -0.2) is 36.0 Å². The molecule has 0 atom stereocenters. The predicted molar refractivity (Wildman–Crippen MR) is 77.5 cm³/mol. The van der Waals surface area contributed by atoms with Crippen LogP contribution in [0.25, 0.3) is 0 Å². The first-order chi connectivity index (χ1) is 9.52.